The van der Waals surface area contributed by atoms with Crippen molar-refractivity contribution in [3.8, 4) is 0 Å². The van der Waals surface area contributed by atoms with E-state index in [-0.39, 0.29) is 11.6 Å². The first kappa shape index (κ1) is 16.4. The molecule has 0 amide bonds. The second-order valence-electron chi connectivity index (χ2n) is 6.88. The van der Waals surface area contributed by atoms with E-state index in [1.54, 1.807) is 0 Å². The summed E-state index contributed by atoms with van der Waals surface area (Å²) in [5.74, 6) is 0. The zero-order valence-corrected chi connectivity index (χ0v) is 13.9. The summed E-state index contributed by atoms with van der Waals surface area (Å²) in [7, 11) is 0. The average molecular weight is 289 g/mol. The second kappa shape index (κ2) is 7.37. The van der Waals surface area contributed by atoms with Gasteiger partial charge in [-0.3, -0.25) is 9.88 Å². The Kier molecular flexibility index (Phi) is 5.77. The molecule has 2 N–H and O–H groups in total. The van der Waals surface area contributed by atoms with Crippen LogP contribution in [0.5, 0.6) is 0 Å². The van der Waals surface area contributed by atoms with Gasteiger partial charge in [-0.1, -0.05) is 25.8 Å². The van der Waals surface area contributed by atoms with Gasteiger partial charge in [0.1, 0.15) is 0 Å². The van der Waals surface area contributed by atoms with Crippen LogP contribution in [0.15, 0.2) is 18.3 Å². The van der Waals surface area contributed by atoms with Crippen molar-refractivity contribution in [2.75, 3.05) is 13.1 Å². The molecule has 1 atom stereocenters. The summed E-state index contributed by atoms with van der Waals surface area (Å²) in [5, 5.41) is 0. The predicted octanol–water partition coefficient (Wildman–Crippen LogP) is 3.17. The molecule has 1 aliphatic heterocycles. The zero-order valence-electron chi connectivity index (χ0n) is 13.9. The van der Waals surface area contributed by atoms with Crippen LogP contribution in [0.4, 0.5) is 0 Å². The van der Waals surface area contributed by atoms with Crippen LogP contribution in [-0.2, 0) is 12.8 Å². The monoisotopic (exact) mass is 289 g/mol. The Hall–Kier alpha value is -0.930. The molecule has 1 fully saturated rings. The lowest BCUT2D eigenvalue weighted by Gasteiger charge is -2.42. The molecule has 1 saturated heterocycles. The van der Waals surface area contributed by atoms with Crippen molar-refractivity contribution in [1.82, 2.24) is 9.88 Å². The van der Waals surface area contributed by atoms with Crippen LogP contribution in [-0.4, -0.2) is 34.6 Å². The minimum absolute atomic E-state index is 0.0372. The molecule has 118 valence electrons. The Labute approximate surface area is 129 Å². The number of aromatic nitrogens is 1. The third-order valence-corrected chi connectivity index (χ3v) is 5.05. The topological polar surface area (TPSA) is 42.1 Å². The van der Waals surface area contributed by atoms with Gasteiger partial charge in [0.05, 0.1) is 0 Å². The van der Waals surface area contributed by atoms with Gasteiger partial charge >= 0.3 is 0 Å². The van der Waals surface area contributed by atoms with Crippen LogP contribution in [0.2, 0.25) is 0 Å². The van der Waals surface area contributed by atoms with E-state index in [1.807, 2.05) is 6.20 Å². The summed E-state index contributed by atoms with van der Waals surface area (Å²) >= 11 is 0. The normalized spacial score (nSPS) is 19.2. The minimum atomic E-state index is 0.0372. The Morgan fingerprint density at radius 1 is 1.19 bits per heavy atom. The van der Waals surface area contributed by atoms with E-state index in [0.29, 0.717) is 0 Å². The van der Waals surface area contributed by atoms with E-state index in [1.165, 1.54) is 44.3 Å². The van der Waals surface area contributed by atoms with Gasteiger partial charge in [0, 0.05) is 29.9 Å². The maximum atomic E-state index is 6.55. The molecule has 0 saturated carbocycles. The first-order valence-electron chi connectivity index (χ1n) is 8.48. The van der Waals surface area contributed by atoms with Crippen molar-refractivity contribution in [3.63, 3.8) is 0 Å². The molecule has 0 radical (unpaired) electrons. The van der Waals surface area contributed by atoms with Crippen LogP contribution in [0.1, 0.15) is 57.7 Å². The molecular weight excluding hydrogens is 258 g/mol. The standard InChI is InChI=1S/C18H31N3/c1-4-15-9-10-16(20-14-15)13-17(19)18(2,3)21-11-7-5-6-8-12-21/h9-10,14,17H,4-8,11-13,19H2,1-3H3. The van der Waals surface area contributed by atoms with Gasteiger partial charge in [0.25, 0.3) is 0 Å². The summed E-state index contributed by atoms with van der Waals surface area (Å²) in [5.41, 5.74) is 9.00. The van der Waals surface area contributed by atoms with Crippen LogP contribution in [0.25, 0.3) is 0 Å². The molecule has 0 aromatic carbocycles. The maximum Gasteiger partial charge on any atom is 0.0419 e. The van der Waals surface area contributed by atoms with Gasteiger partial charge in [0.15, 0.2) is 0 Å². The fraction of sp³-hybridized carbons (Fsp3) is 0.722. The Bertz CT molecular complexity index is 417. The van der Waals surface area contributed by atoms with Crippen molar-refractivity contribution in [3.05, 3.63) is 29.6 Å². The highest BCUT2D eigenvalue weighted by atomic mass is 15.2. The van der Waals surface area contributed by atoms with E-state index in [2.05, 4.69) is 42.8 Å². The molecular formula is C18H31N3. The molecule has 21 heavy (non-hydrogen) atoms. The smallest absolute Gasteiger partial charge is 0.0419 e. The summed E-state index contributed by atoms with van der Waals surface area (Å²) in [4.78, 5) is 7.16. The van der Waals surface area contributed by atoms with E-state index in [4.69, 9.17) is 5.73 Å². The lowest BCUT2D eigenvalue weighted by molar-refractivity contribution is 0.0976. The molecule has 2 heterocycles. The lowest BCUT2D eigenvalue weighted by Crippen LogP contribution is -2.57. The largest absolute Gasteiger partial charge is 0.326 e. The quantitative estimate of drug-likeness (QED) is 0.905. The van der Waals surface area contributed by atoms with E-state index in [0.717, 1.165) is 18.5 Å². The Balaban J connectivity index is 2.00. The molecule has 0 spiro atoms. The average Bonchev–Trinajstić information content (AvgIpc) is 2.77. The fourth-order valence-corrected chi connectivity index (χ4v) is 3.14. The van der Waals surface area contributed by atoms with Crippen LogP contribution >= 0.6 is 0 Å². The molecule has 0 bridgehead atoms. The zero-order chi connectivity index (χ0) is 15.3. The summed E-state index contributed by atoms with van der Waals surface area (Å²) in [6.07, 6.45) is 9.22. The number of nitrogens with zero attached hydrogens (tertiary/aromatic N) is 2. The van der Waals surface area contributed by atoms with Crippen molar-refractivity contribution in [2.24, 2.45) is 5.73 Å². The summed E-state index contributed by atoms with van der Waals surface area (Å²) in [6, 6.07) is 4.43. The highest BCUT2D eigenvalue weighted by Crippen LogP contribution is 2.24. The Morgan fingerprint density at radius 3 is 2.38 bits per heavy atom. The number of hydrogen-bond donors (Lipinski definition) is 1. The van der Waals surface area contributed by atoms with E-state index < -0.39 is 0 Å². The second-order valence-corrected chi connectivity index (χ2v) is 6.88. The van der Waals surface area contributed by atoms with Crippen molar-refractivity contribution in [1.29, 1.82) is 0 Å². The SMILES string of the molecule is CCc1ccc(CC(N)C(C)(C)N2CCCCCC2)nc1. The summed E-state index contributed by atoms with van der Waals surface area (Å²) < 4.78 is 0. The molecule has 1 aromatic rings. The maximum absolute atomic E-state index is 6.55. The highest BCUT2D eigenvalue weighted by Gasteiger charge is 2.33. The van der Waals surface area contributed by atoms with Gasteiger partial charge < -0.3 is 5.73 Å². The molecule has 1 unspecified atom stereocenters. The lowest BCUT2D eigenvalue weighted by atomic mass is 9.89. The number of likely N-dealkylation sites (tertiary alicyclic amines) is 1. The summed E-state index contributed by atoms with van der Waals surface area (Å²) in [6.45, 7) is 9.11. The Morgan fingerprint density at radius 2 is 1.86 bits per heavy atom. The fourth-order valence-electron chi connectivity index (χ4n) is 3.14. The number of aryl methyl sites for hydroxylation is 1. The van der Waals surface area contributed by atoms with Crippen LogP contribution in [0, 0.1) is 0 Å². The highest BCUT2D eigenvalue weighted by molar-refractivity contribution is 5.15. The van der Waals surface area contributed by atoms with Gasteiger partial charge in [-0.05, 0) is 57.8 Å². The van der Waals surface area contributed by atoms with Crippen LogP contribution in [0.3, 0.4) is 0 Å². The van der Waals surface area contributed by atoms with Gasteiger partial charge in [-0.15, -0.1) is 0 Å². The van der Waals surface area contributed by atoms with Gasteiger partial charge in [-0.2, -0.15) is 0 Å². The van der Waals surface area contributed by atoms with Crippen molar-refractivity contribution < 1.29 is 0 Å². The van der Waals surface area contributed by atoms with Gasteiger partial charge in [0.2, 0.25) is 0 Å². The molecule has 2 rings (SSSR count). The molecule has 3 heteroatoms. The number of nitrogens with two attached hydrogens (primary N) is 1. The number of hydrogen-bond acceptors (Lipinski definition) is 3. The first-order chi connectivity index (χ1) is 10.0. The predicted molar refractivity (Wildman–Crippen MR) is 89.4 cm³/mol. The molecule has 3 nitrogen and oxygen atoms in total. The minimum Gasteiger partial charge on any atom is -0.326 e. The van der Waals surface area contributed by atoms with E-state index in [9.17, 15) is 0 Å². The number of pyridine rings is 1. The molecule has 1 aliphatic rings. The third-order valence-electron chi connectivity index (χ3n) is 5.05. The van der Waals surface area contributed by atoms with Gasteiger partial charge in [-0.25, -0.2) is 0 Å². The number of rotatable bonds is 5. The van der Waals surface area contributed by atoms with Crippen LogP contribution < -0.4 is 5.73 Å². The van der Waals surface area contributed by atoms with E-state index >= 15 is 0 Å². The first-order valence-corrected chi connectivity index (χ1v) is 8.48. The van der Waals surface area contributed by atoms with Crippen molar-refractivity contribution in [2.45, 2.75) is 70.9 Å². The third kappa shape index (κ3) is 4.27. The molecule has 1 aromatic heterocycles. The van der Waals surface area contributed by atoms with Crippen molar-refractivity contribution >= 4 is 0 Å². The molecule has 0 aliphatic carbocycles.